The van der Waals surface area contributed by atoms with Crippen molar-refractivity contribution in [3.05, 3.63) is 58.1 Å². The number of halogens is 1. The maximum Gasteiger partial charge on any atom is 0.259 e. The Morgan fingerprint density at radius 1 is 1.29 bits per heavy atom. The molecule has 0 unspecified atom stereocenters. The van der Waals surface area contributed by atoms with E-state index in [1.165, 1.54) is 6.07 Å². The standard InChI is InChI=1S/C16H13BrN2O2/c17-12-7-8-13(15(20)10-12)16(21)19-14-6-2-1-4-11(14)5-3-9-18/h1-2,4,6-8,10,20H,9,18H2,(H,19,21). The van der Waals surface area contributed by atoms with Gasteiger partial charge in [0.25, 0.3) is 5.91 Å². The van der Waals surface area contributed by atoms with E-state index < -0.39 is 5.91 Å². The molecule has 0 radical (unpaired) electrons. The summed E-state index contributed by atoms with van der Waals surface area (Å²) in [6, 6.07) is 11.9. The highest BCUT2D eigenvalue weighted by Gasteiger charge is 2.12. The zero-order valence-corrected chi connectivity index (χ0v) is 12.6. The number of benzene rings is 2. The molecule has 2 aromatic rings. The number of carbonyl (C=O) groups is 1. The predicted molar refractivity (Wildman–Crippen MR) is 86.1 cm³/mol. The minimum atomic E-state index is -0.401. The van der Waals surface area contributed by atoms with Crippen LogP contribution in [-0.2, 0) is 0 Å². The zero-order chi connectivity index (χ0) is 15.2. The van der Waals surface area contributed by atoms with E-state index in [0.717, 1.165) is 0 Å². The lowest BCUT2D eigenvalue weighted by Crippen LogP contribution is -2.13. The number of aromatic hydroxyl groups is 1. The molecule has 1 amide bonds. The van der Waals surface area contributed by atoms with Crippen LogP contribution >= 0.6 is 15.9 Å². The Bertz CT molecular complexity index is 733. The van der Waals surface area contributed by atoms with Crippen LogP contribution in [0.4, 0.5) is 5.69 Å². The number of para-hydroxylation sites is 1. The number of carbonyl (C=O) groups excluding carboxylic acids is 1. The fraction of sp³-hybridized carbons (Fsp3) is 0.0625. The van der Waals surface area contributed by atoms with Crippen molar-refractivity contribution >= 4 is 27.5 Å². The average Bonchev–Trinajstić information content (AvgIpc) is 2.46. The van der Waals surface area contributed by atoms with E-state index in [-0.39, 0.29) is 17.9 Å². The molecule has 21 heavy (non-hydrogen) atoms. The van der Waals surface area contributed by atoms with Crippen LogP contribution in [-0.4, -0.2) is 17.6 Å². The van der Waals surface area contributed by atoms with Crippen molar-refractivity contribution in [3.8, 4) is 17.6 Å². The second-order valence-corrected chi connectivity index (χ2v) is 5.08. The van der Waals surface area contributed by atoms with Gasteiger partial charge in [0.2, 0.25) is 0 Å². The first-order valence-electron chi connectivity index (χ1n) is 6.19. The Balaban J connectivity index is 2.27. The number of phenols is 1. The van der Waals surface area contributed by atoms with E-state index in [0.29, 0.717) is 15.7 Å². The average molecular weight is 345 g/mol. The number of amides is 1. The Morgan fingerprint density at radius 2 is 2.05 bits per heavy atom. The van der Waals surface area contributed by atoms with E-state index in [2.05, 4.69) is 33.1 Å². The predicted octanol–water partition coefficient (Wildman–Crippen LogP) is 2.72. The first-order valence-corrected chi connectivity index (χ1v) is 6.99. The number of nitrogens with one attached hydrogen (secondary N) is 1. The third-order valence-corrected chi connectivity index (χ3v) is 3.20. The quantitative estimate of drug-likeness (QED) is 0.733. The van der Waals surface area contributed by atoms with Gasteiger partial charge in [-0.15, -0.1) is 0 Å². The van der Waals surface area contributed by atoms with E-state index in [1.807, 2.05) is 6.07 Å². The third kappa shape index (κ3) is 3.85. The summed E-state index contributed by atoms with van der Waals surface area (Å²) in [7, 11) is 0. The first-order chi connectivity index (χ1) is 10.1. The first kappa shape index (κ1) is 15.1. The molecule has 0 spiro atoms. The van der Waals surface area contributed by atoms with Gasteiger partial charge in [-0.25, -0.2) is 0 Å². The summed E-state index contributed by atoms with van der Waals surface area (Å²) in [5, 5.41) is 12.6. The summed E-state index contributed by atoms with van der Waals surface area (Å²) in [6.45, 7) is 0.246. The molecular weight excluding hydrogens is 332 g/mol. The van der Waals surface area contributed by atoms with Gasteiger partial charge in [-0.2, -0.15) is 0 Å². The summed E-state index contributed by atoms with van der Waals surface area (Å²) in [5.74, 6) is 5.15. The van der Waals surface area contributed by atoms with Crippen LogP contribution in [0.3, 0.4) is 0 Å². The Morgan fingerprint density at radius 3 is 2.76 bits per heavy atom. The normalized spacial score (nSPS) is 9.62. The van der Waals surface area contributed by atoms with Gasteiger partial charge in [-0.3, -0.25) is 4.79 Å². The molecular formula is C16H13BrN2O2. The van der Waals surface area contributed by atoms with Gasteiger partial charge in [0.1, 0.15) is 5.75 Å². The molecule has 0 saturated heterocycles. The SMILES string of the molecule is NCC#Cc1ccccc1NC(=O)c1ccc(Br)cc1O. The van der Waals surface area contributed by atoms with Crippen LogP contribution in [0.2, 0.25) is 0 Å². The van der Waals surface area contributed by atoms with Gasteiger partial charge >= 0.3 is 0 Å². The van der Waals surface area contributed by atoms with Crippen LogP contribution < -0.4 is 11.1 Å². The van der Waals surface area contributed by atoms with Crippen molar-refractivity contribution in [2.24, 2.45) is 5.73 Å². The lowest BCUT2D eigenvalue weighted by Gasteiger charge is -2.09. The minimum Gasteiger partial charge on any atom is -0.507 e. The summed E-state index contributed by atoms with van der Waals surface area (Å²) >= 11 is 3.23. The Labute approximate surface area is 131 Å². The monoisotopic (exact) mass is 344 g/mol. The molecule has 4 N–H and O–H groups in total. The van der Waals surface area contributed by atoms with Gasteiger partial charge < -0.3 is 16.2 Å². The molecule has 0 heterocycles. The smallest absolute Gasteiger partial charge is 0.259 e. The second-order valence-electron chi connectivity index (χ2n) is 4.17. The van der Waals surface area contributed by atoms with Gasteiger partial charge in [-0.1, -0.05) is 39.9 Å². The van der Waals surface area contributed by atoms with Crippen molar-refractivity contribution in [1.29, 1.82) is 0 Å². The molecule has 5 heteroatoms. The van der Waals surface area contributed by atoms with Crippen LogP contribution in [0.5, 0.6) is 5.75 Å². The molecule has 0 atom stereocenters. The fourth-order valence-electron chi connectivity index (χ4n) is 1.73. The van der Waals surface area contributed by atoms with E-state index in [4.69, 9.17) is 5.73 Å². The topological polar surface area (TPSA) is 75.3 Å². The van der Waals surface area contributed by atoms with Gasteiger partial charge in [0, 0.05) is 10.0 Å². The van der Waals surface area contributed by atoms with Crippen molar-refractivity contribution in [1.82, 2.24) is 0 Å². The largest absolute Gasteiger partial charge is 0.507 e. The fourth-order valence-corrected chi connectivity index (χ4v) is 2.08. The van der Waals surface area contributed by atoms with Crippen molar-refractivity contribution < 1.29 is 9.90 Å². The van der Waals surface area contributed by atoms with Crippen molar-refractivity contribution in [2.75, 3.05) is 11.9 Å². The second kappa shape index (κ2) is 6.93. The van der Waals surface area contributed by atoms with Gasteiger partial charge in [-0.05, 0) is 30.3 Å². The molecule has 0 aliphatic carbocycles. The molecule has 0 saturated carbocycles. The van der Waals surface area contributed by atoms with Crippen molar-refractivity contribution in [2.45, 2.75) is 0 Å². The summed E-state index contributed by atoms with van der Waals surface area (Å²) in [6.07, 6.45) is 0. The summed E-state index contributed by atoms with van der Waals surface area (Å²) in [5.41, 5.74) is 6.80. The van der Waals surface area contributed by atoms with Gasteiger partial charge in [0.05, 0.1) is 17.8 Å². The highest BCUT2D eigenvalue weighted by molar-refractivity contribution is 9.10. The maximum absolute atomic E-state index is 12.2. The van der Waals surface area contributed by atoms with Crippen LogP contribution in [0.25, 0.3) is 0 Å². The van der Waals surface area contributed by atoms with Crippen LogP contribution in [0.15, 0.2) is 46.9 Å². The number of phenolic OH excluding ortho intramolecular Hbond substituents is 1. The number of hydrogen-bond donors (Lipinski definition) is 3. The minimum absolute atomic E-state index is 0.0904. The zero-order valence-electron chi connectivity index (χ0n) is 11.1. The highest BCUT2D eigenvalue weighted by atomic mass is 79.9. The molecule has 0 bridgehead atoms. The molecule has 0 aliphatic rings. The summed E-state index contributed by atoms with van der Waals surface area (Å²) < 4.78 is 0.700. The maximum atomic E-state index is 12.2. The molecule has 4 nitrogen and oxygen atoms in total. The lowest BCUT2D eigenvalue weighted by molar-refractivity contribution is 0.102. The van der Waals surface area contributed by atoms with Crippen LogP contribution in [0.1, 0.15) is 15.9 Å². The molecule has 0 fully saturated rings. The number of anilines is 1. The number of hydrogen-bond acceptors (Lipinski definition) is 3. The Hall–Kier alpha value is -2.29. The number of nitrogens with two attached hydrogens (primary N) is 1. The van der Waals surface area contributed by atoms with E-state index in [1.54, 1.807) is 30.3 Å². The Kier molecular flexibility index (Phi) is 4.99. The lowest BCUT2D eigenvalue weighted by atomic mass is 10.1. The molecule has 0 aromatic heterocycles. The highest BCUT2D eigenvalue weighted by Crippen LogP contribution is 2.24. The third-order valence-electron chi connectivity index (χ3n) is 2.70. The molecule has 0 aliphatic heterocycles. The van der Waals surface area contributed by atoms with Crippen molar-refractivity contribution in [3.63, 3.8) is 0 Å². The number of rotatable bonds is 2. The van der Waals surface area contributed by atoms with E-state index in [9.17, 15) is 9.90 Å². The van der Waals surface area contributed by atoms with Crippen LogP contribution in [0, 0.1) is 11.8 Å². The molecule has 2 rings (SSSR count). The molecule has 106 valence electrons. The summed E-state index contributed by atoms with van der Waals surface area (Å²) in [4.78, 5) is 12.2. The molecule has 2 aromatic carbocycles. The van der Waals surface area contributed by atoms with E-state index >= 15 is 0 Å². The van der Waals surface area contributed by atoms with Gasteiger partial charge in [0.15, 0.2) is 0 Å².